The lowest BCUT2D eigenvalue weighted by atomic mass is 9.96. The van der Waals surface area contributed by atoms with Gasteiger partial charge >= 0.3 is 0 Å². The minimum atomic E-state index is 1.11. The number of anilines is 3. The van der Waals surface area contributed by atoms with Crippen LogP contribution in [-0.2, 0) is 6.42 Å². The SMILES string of the molecule is CCCCc1ccc2c(c1)cc(N(c1ccc(-c3ccccc3)cc1)c1ccc3sc4ccccc4c3c1)c1ccccc12. The van der Waals surface area contributed by atoms with Gasteiger partial charge in [0, 0.05) is 36.9 Å². The Labute approximate surface area is 262 Å². The van der Waals surface area contributed by atoms with Crippen molar-refractivity contribution in [2.24, 2.45) is 0 Å². The molecule has 0 atom stereocenters. The highest BCUT2D eigenvalue weighted by atomic mass is 32.1. The molecular weight excluding hydrogens is 551 g/mol. The maximum Gasteiger partial charge on any atom is 0.0546 e. The van der Waals surface area contributed by atoms with E-state index in [2.05, 4.69) is 157 Å². The molecule has 8 rings (SSSR count). The normalized spacial score (nSPS) is 11.6. The van der Waals surface area contributed by atoms with Gasteiger partial charge in [-0.1, -0.05) is 116 Å². The van der Waals surface area contributed by atoms with Gasteiger partial charge in [-0.2, -0.15) is 0 Å². The first-order chi connectivity index (χ1) is 21.8. The van der Waals surface area contributed by atoms with Gasteiger partial charge < -0.3 is 4.90 Å². The fraction of sp³-hybridized carbons (Fsp3) is 0.0952. The fourth-order valence-electron chi connectivity index (χ4n) is 6.58. The van der Waals surface area contributed by atoms with Gasteiger partial charge in [-0.15, -0.1) is 11.3 Å². The third-order valence-corrected chi connectivity index (χ3v) is 9.96. The topological polar surface area (TPSA) is 3.24 Å². The van der Waals surface area contributed by atoms with E-state index in [-0.39, 0.29) is 0 Å². The van der Waals surface area contributed by atoms with E-state index in [9.17, 15) is 0 Å². The summed E-state index contributed by atoms with van der Waals surface area (Å²) in [7, 11) is 0. The summed E-state index contributed by atoms with van der Waals surface area (Å²) < 4.78 is 2.65. The van der Waals surface area contributed by atoms with Gasteiger partial charge in [-0.3, -0.25) is 0 Å². The number of fused-ring (bicyclic) bond motifs is 6. The van der Waals surface area contributed by atoms with Gasteiger partial charge in [0.1, 0.15) is 0 Å². The zero-order valence-corrected chi connectivity index (χ0v) is 25.6. The van der Waals surface area contributed by atoms with Crippen molar-refractivity contribution in [3.63, 3.8) is 0 Å². The van der Waals surface area contributed by atoms with Crippen molar-refractivity contribution in [1.82, 2.24) is 0 Å². The van der Waals surface area contributed by atoms with E-state index in [1.807, 2.05) is 11.3 Å². The van der Waals surface area contributed by atoms with Crippen LogP contribution in [0.5, 0.6) is 0 Å². The maximum atomic E-state index is 2.46. The van der Waals surface area contributed by atoms with Gasteiger partial charge in [0.2, 0.25) is 0 Å². The number of thiophene rings is 1. The first kappa shape index (κ1) is 26.7. The van der Waals surface area contributed by atoms with Gasteiger partial charge in [0.05, 0.1) is 5.69 Å². The molecule has 0 amide bonds. The third-order valence-electron chi connectivity index (χ3n) is 8.81. The number of rotatable bonds is 7. The Kier molecular flexibility index (Phi) is 6.85. The Balaban J connectivity index is 1.37. The highest BCUT2D eigenvalue weighted by Gasteiger charge is 2.19. The van der Waals surface area contributed by atoms with E-state index in [0.29, 0.717) is 0 Å². The van der Waals surface area contributed by atoms with Crippen molar-refractivity contribution in [2.45, 2.75) is 26.2 Å². The monoisotopic (exact) mass is 583 g/mol. The van der Waals surface area contributed by atoms with E-state index in [1.54, 1.807) is 0 Å². The molecule has 0 saturated heterocycles. The van der Waals surface area contributed by atoms with E-state index >= 15 is 0 Å². The Morgan fingerprint density at radius 3 is 2.00 bits per heavy atom. The zero-order chi connectivity index (χ0) is 29.5. The van der Waals surface area contributed by atoms with Crippen LogP contribution >= 0.6 is 11.3 Å². The molecular formula is C42H33NS. The van der Waals surface area contributed by atoms with Crippen LogP contribution in [0.4, 0.5) is 17.1 Å². The molecule has 0 aliphatic heterocycles. The Morgan fingerprint density at radius 1 is 0.500 bits per heavy atom. The quantitative estimate of drug-likeness (QED) is 0.169. The van der Waals surface area contributed by atoms with Crippen LogP contribution < -0.4 is 4.90 Å². The van der Waals surface area contributed by atoms with Gasteiger partial charge in [0.15, 0.2) is 0 Å². The van der Waals surface area contributed by atoms with E-state index < -0.39 is 0 Å². The van der Waals surface area contributed by atoms with E-state index in [4.69, 9.17) is 0 Å². The first-order valence-electron chi connectivity index (χ1n) is 15.6. The van der Waals surface area contributed by atoms with Crippen LogP contribution in [0.15, 0.2) is 146 Å². The number of benzene rings is 7. The van der Waals surface area contributed by atoms with Crippen LogP contribution in [0.1, 0.15) is 25.3 Å². The largest absolute Gasteiger partial charge is 0.310 e. The van der Waals surface area contributed by atoms with Gasteiger partial charge in [-0.05, 0) is 88.2 Å². The van der Waals surface area contributed by atoms with Crippen LogP contribution in [-0.4, -0.2) is 0 Å². The summed E-state index contributed by atoms with van der Waals surface area (Å²) in [5.74, 6) is 0. The predicted molar refractivity (Wildman–Crippen MR) is 193 cm³/mol. The smallest absolute Gasteiger partial charge is 0.0546 e. The molecule has 0 radical (unpaired) electrons. The number of hydrogen-bond donors (Lipinski definition) is 0. The molecule has 0 spiro atoms. The second-order valence-corrected chi connectivity index (χ2v) is 12.7. The molecule has 0 fully saturated rings. The fourth-order valence-corrected chi connectivity index (χ4v) is 7.67. The summed E-state index contributed by atoms with van der Waals surface area (Å²) in [6.45, 7) is 2.27. The molecule has 1 heterocycles. The zero-order valence-electron chi connectivity index (χ0n) is 24.8. The Bertz CT molecular complexity index is 2260. The minimum absolute atomic E-state index is 1.11. The average molecular weight is 584 g/mol. The highest BCUT2D eigenvalue weighted by molar-refractivity contribution is 7.25. The Morgan fingerprint density at radius 2 is 1.18 bits per heavy atom. The lowest BCUT2D eigenvalue weighted by Crippen LogP contribution is -2.10. The Hall–Kier alpha value is -4.92. The number of aryl methyl sites for hydroxylation is 1. The average Bonchev–Trinajstić information content (AvgIpc) is 3.46. The molecule has 1 aromatic heterocycles. The van der Waals surface area contributed by atoms with Gasteiger partial charge in [0.25, 0.3) is 0 Å². The van der Waals surface area contributed by atoms with Crippen molar-refractivity contribution < 1.29 is 0 Å². The molecule has 0 aliphatic rings. The molecule has 0 unspecified atom stereocenters. The minimum Gasteiger partial charge on any atom is -0.310 e. The van der Waals surface area contributed by atoms with Crippen LogP contribution in [0.2, 0.25) is 0 Å². The van der Waals surface area contributed by atoms with Crippen molar-refractivity contribution in [2.75, 3.05) is 4.90 Å². The molecule has 0 saturated carbocycles. The summed E-state index contributed by atoms with van der Waals surface area (Å²) in [5, 5.41) is 7.76. The number of unbranched alkanes of at least 4 members (excludes halogenated alkanes) is 1. The van der Waals surface area contributed by atoms with Crippen molar-refractivity contribution in [3.8, 4) is 11.1 Å². The van der Waals surface area contributed by atoms with Crippen LogP contribution in [0, 0.1) is 0 Å². The standard InChI is InChI=1S/C42H33NS/c1-2-3-11-29-18-24-35-32(26-29)27-40(37-15-8-7-14-36(35)37)43(33-21-19-31(20-22-33)30-12-5-4-6-13-30)34-23-25-42-39(28-34)38-16-9-10-17-41(38)44-42/h4-10,12-28H,2-3,11H2,1H3. The van der Waals surface area contributed by atoms with Gasteiger partial charge in [-0.25, -0.2) is 0 Å². The lowest BCUT2D eigenvalue weighted by molar-refractivity contribution is 0.796. The second-order valence-electron chi connectivity index (χ2n) is 11.6. The highest BCUT2D eigenvalue weighted by Crippen LogP contribution is 2.44. The molecule has 212 valence electrons. The van der Waals surface area contributed by atoms with E-state index in [1.165, 1.54) is 82.6 Å². The molecule has 0 bridgehead atoms. The van der Waals surface area contributed by atoms with Crippen LogP contribution in [0.3, 0.4) is 0 Å². The van der Waals surface area contributed by atoms with Crippen molar-refractivity contribution in [3.05, 3.63) is 151 Å². The molecule has 0 aliphatic carbocycles. The molecule has 7 aromatic carbocycles. The predicted octanol–water partition coefficient (Wildman–Crippen LogP) is 12.8. The second kappa shape index (κ2) is 11.3. The van der Waals surface area contributed by atoms with Crippen LogP contribution in [0.25, 0.3) is 52.8 Å². The lowest BCUT2D eigenvalue weighted by Gasteiger charge is -2.28. The van der Waals surface area contributed by atoms with Crippen molar-refractivity contribution >= 4 is 70.1 Å². The summed E-state index contributed by atoms with van der Waals surface area (Å²) in [5.41, 5.74) is 7.37. The molecule has 8 aromatic rings. The number of hydrogen-bond acceptors (Lipinski definition) is 2. The summed E-state index contributed by atoms with van der Waals surface area (Å²) in [6, 6.07) is 53.8. The van der Waals surface area contributed by atoms with Crippen molar-refractivity contribution in [1.29, 1.82) is 0 Å². The molecule has 0 N–H and O–H groups in total. The number of nitrogens with zero attached hydrogens (tertiary/aromatic N) is 1. The molecule has 1 nitrogen and oxygen atoms in total. The summed E-state index contributed by atoms with van der Waals surface area (Å²) in [6.07, 6.45) is 3.52. The maximum absolute atomic E-state index is 2.46. The molecule has 2 heteroatoms. The third kappa shape index (κ3) is 4.72. The summed E-state index contributed by atoms with van der Waals surface area (Å²) >= 11 is 1.87. The molecule has 44 heavy (non-hydrogen) atoms. The van der Waals surface area contributed by atoms with E-state index in [0.717, 1.165) is 12.1 Å². The first-order valence-corrected chi connectivity index (χ1v) is 16.4. The summed E-state index contributed by atoms with van der Waals surface area (Å²) in [4.78, 5) is 2.46.